The molecular formula is C23H21N3O3. The summed E-state index contributed by atoms with van der Waals surface area (Å²) in [6, 6.07) is 23.6. The van der Waals surface area contributed by atoms with Gasteiger partial charge in [-0.1, -0.05) is 42.5 Å². The van der Waals surface area contributed by atoms with Crippen molar-refractivity contribution >= 4 is 28.9 Å². The van der Waals surface area contributed by atoms with Crippen molar-refractivity contribution in [1.29, 1.82) is 0 Å². The largest absolute Gasteiger partial charge is 0.455 e. The maximum atomic E-state index is 13.1. The maximum absolute atomic E-state index is 13.1. The molecule has 0 unspecified atom stereocenters. The summed E-state index contributed by atoms with van der Waals surface area (Å²) in [5.74, 6) is 0.927. The van der Waals surface area contributed by atoms with E-state index in [0.717, 1.165) is 0 Å². The summed E-state index contributed by atoms with van der Waals surface area (Å²) < 4.78 is 5.96. The molecule has 1 heterocycles. The second kappa shape index (κ2) is 8.06. The number of carbonyl (C=O) groups excluding carboxylic acids is 2. The first-order valence-corrected chi connectivity index (χ1v) is 9.40. The number of rotatable bonds is 5. The highest BCUT2D eigenvalue weighted by Crippen LogP contribution is 2.32. The Morgan fingerprint density at radius 3 is 2.52 bits per heavy atom. The summed E-state index contributed by atoms with van der Waals surface area (Å²) >= 11 is 0. The van der Waals surface area contributed by atoms with Gasteiger partial charge in [-0.15, -0.1) is 0 Å². The molecule has 0 aliphatic carbocycles. The second-order valence-corrected chi connectivity index (χ2v) is 6.77. The third-order valence-corrected chi connectivity index (χ3v) is 4.64. The molecule has 2 amide bonds. The zero-order chi connectivity index (χ0) is 20.2. The summed E-state index contributed by atoms with van der Waals surface area (Å²) in [6.45, 7) is 1.76. The highest BCUT2D eigenvalue weighted by atomic mass is 16.5. The average molecular weight is 387 g/mol. The summed E-state index contributed by atoms with van der Waals surface area (Å²) in [5.41, 5.74) is 2.03. The molecule has 2 N–H and O–H groups in total. The molecule has 0 fully saturated rings. The van der Waals surface area contributed by atoms with Crippen molar-refractivity contribution in [2.24, 2.45) is 0 Å². The Kier molecular flexibility index (Phi) is 5.16. The Morgan fingerprint density at radius 1 is 1.00 bits per heavy atom. The van der Waals surface area contributed by atoms with E-state index in [2.05, 4.69) is 10.6 Å². The van der Waals surface area contributed by atoms with E-state index in [-0.39, 0.29) is 18.4 Å². The van der Waals surface area contributed by atoms with Gasteiger partial charge in [0.1, 0.15) is 18.3 Å². The van der Waals surface area contributed by atoms with E-state index in [4.69, 9.17) is 4.74 Å². The number of amides is 2. The normalized spacial score (nSPS) is 13.8. The van der Waals surface area contributed by atoms with Gasteiger partial charge in [-0.2, -0.15) is 0 Å². The molecule has 3 aromatic carbocycles. The third kappa shape index (κ3) is 4.06. The maximum Gasteiger partial charge on any atom is 0.249 e. The topological polar surface area (TPSA) is 70.7 Å². The van der Waals surface area contributed by atoms with Crippen molar-refractivity contribution in [3.8, 4) is 11.5 Å². The molecule has 6 nitrogen and oxygen atoms in total. The number of anilines is 3. The first-order valence-electron chi connectivity index (χ1n) is 9.40. The summed E-state index contributed by atoms with van der Waals surface area (Å²) in [7, 11) is 0. The smallest absolute Gasteiger partial charge is 0.249 e. The van der Waals surface area contributed by atoms with Crippen molar-refractivity contribution in [2.75, 3.05) is 22.1 Å². The van der Waals surface area contributed by atoms with Gasteiger partial charge in [0.05, 0.1) is 17.1 Å². The number of para-hydroxylation sites is 5. The van der Waals surface area contributed by atoms with Gasteiger partial charge in [-0.3, -0.25) is 14.5 Å². The second-order valence-electron chi connectivity index (χ2n) is 6.77. The highest BCUT2D eigenvalue weighted by molar-refractivity contribution is 6.11. The minimum atomic E-state index is -0.561. The van der Waals surface area contributed by atoms with Crippen molar-refractivity contribution < 1.29 is 14.3 Å². The summed E-state index contributed by atoms with van der Waals surface area (Å²) in [4.78, 5) is 26.7. The fourth-order valence-electron chi connectivity index (χ4n) is 3.25. The first kappa shape index (κ1) is 18.6. The fourth-order valence-corrected chi connectivity index (χ4v) is 3.25. The van der Waals surface area contributed by atoms with Crippen LogP contribution in [0.25, 0.3) is 0 Å². The Hall–Kier alpha value is -3.80. The average Bonchev–Trinajstić information content (AvgIpc) is 2.74. The number of hydrogen-bond donors (Lipinski definition) is 2. The minimum absolute atomic E-state index is 0.00989. The molecule has 0 aromatic heterocycles. The number of benzene rings is 3. The molecule has 1 atom stereocenters. The van der Waals surface area contributed by atoms with Crippen LogP contribution >= 0.6 is 0 Å². The number of hydrogen-bond acceptors (Lipinski definition) is 4. The lowest BCUT2D eigenvalue weighted by Gasteiger charge is -2.31. The van der Waals surface area contributed by atoms with Gasteiger partial charge >= 0.3 is 0 Å². The number of fused-ring (bicyclic) bond motifs is 1. The molecule has 1 aliphatic heterocycles. The Morgan fingerprint density at radius 2 is 1.69 bits per heavy atom. The molecule has 1 aliphatic rings. The van der Waals surface area contributed by atoms with E-state index in [1.165, 1.54) is 4.90 Å². The van der Waals surface area contributed by atoms with Gasteiger partial charge in [0.25, 0.3) is 0 Å². The molecule has 29 heavy (non-hydrogen) atoms. The first-order chi connectivity index (χ1) is 14.1. The third-order valence-electron chi connectivity index (χ3n) is 4.64. The van der Waals surface area contributed by atoms with Crippen molar-refractivity contribution in [3.05, 3.63) is 78.9 Å². The van der Waals surface area contributed by atoms with Crippen LogP contribution in [0.5, 0.6) is 11.5 Å². The predicted molar refractivity (Wildman–Crippen MR) is 113 cm³/mol. The molecule has 0 saturated carbocycles. The predicted octanol–water partition coefficient (Wildman–Crippen LogP) is 4.26. The van der Waals surface area contributed by atoms with E-state index in [1.807, 2.05) is 72.8 Å². The fraction of sp³-hybridized carbons (Fsp3) is 0.130. The van der Waals surface area contributed by atoms with Crippen molar-refractivity contribution in [3.63, 3.8) is 0 Å². The summed E-state index contributed by atoms with van der Waals surface area (Å²) in [6.07, 6.45) is 0. The van der Waals surface area contributed by atoms with Crippen LogP contribution < -0.4 is 20.3 Å². The monoisotopic (exact) mass is 387 g/mol. The van der Waals surface area contributed by atoms with Crippen molar-refractivity contribution in [1.82, 2.24) is 0 Å². The zero-order valence-corrected chi connectivity index (χ0v) is 16.0. The lowest BCUT2D eigenvalue weighted by molar-refractivity contribution is -0.122. The molecule has 3 aromatic rings. The van der Waals surface area contributed by atoms with Gasteiger partial charge in [0, 0.05) is 0 Å². The SMILES string of the molecule is C[C@@H](Nc1ccccc1Oc1ccccc1)C(=O)N1CC(=O)Nc2ccccc21. The summed E-state index contributed by atoms with van der Waals surface area (Å²) in [5, 5.41) is 6.02. The highest BCUT2D eigenvalue weighted by Gasteiger charge is 2.29. The van der Waals surface area contributed by atoms with E-state index in [1.54, 1.807) is 13.0 Å². The van der Waals surface area contributed by atoms with Gasteiger partial charge in [-0.25, -0.2) is 0 Å². The Bertz CT molecular complexity index is 1040. The van der Waals surface area contributed by atoms with E-state index < -0.39 is 6.04 Å². The van der Waals surface area contributed by atoms with Gasteiger partial charge in [0.15, 0.2) is 5.75 Å². The standard InChI is InChI=1S/C23H21N3O3/c1-16(23(28)26-15-22(27)25-18-11-5-7-13-20(18)26)24-19-12-6-8-14-21(19)29-17-9-3-2-4-10-17/h2-14,16,24H,15H2,1H3,(H,25,27)/t16-/m1/s1. The molecule has 0 saturated heterocycles. The van der Waals surface area contributed by atoms with Gasteiger partial charge in [-0.05, 0) is 43.3 Å². The van der Waals surface area contributed by atoms with Crippen LogP contribution in [0.2, 0.25) is 0 Å². The van der Waals surface area contributed by atoms with Gasteiger partial charge in [0.2, 0.25) is 11.8 Å². The van der Waals surface area contributed by atoms with E-state index in [9.17, 15) is 9.59 Å². The molecule has 146 valence electrons. The van der Waals surface area contributed by atoms with E-state index >= 15 is 0 Å². The number of nitrogens with one attached hydrogen (secondary N) is 2. The zero-order valence-electron chi connectivity index (χ0n) is 16.0. The van der Waals surface area contributed by atoms with Crippen LogP contribution in [0.15, 0.2) is 78.9 Å². The van der Waals surface area contributed by atoms with Crippen LogP contribution in [0, 0.1) is 0 Å². The lowest BCUT2D eigenvalue weighted by Crippen LogP contribution is -2.47. The quantitative estimate of drug-likeness (QED) is 0.686. The van der Waals surface area contributed by atoms with Crippen molar-refractivity contribution in [2.45, 2.75) is 13.0 Å². The van der Waals surface area contributed by atoms with Crippen LogP contribution in [0.4, 0.5) is 17.1 Å². The molecule has 4 rings (SSSR count). The number of nitrogens with zero attached hydrogens (tertiary/aromatic N) is 1. The lowest BCUT2D eigenvalue weighted by atomic mass is 10.1. The van der Waals surface area contributed by atoms with Gasteiger partial charge < -0.3 is 15.4 Å². The minimum Gasteiger partial charge on any atom is -0.455 e. The van der Waals surface area contributed by atoms with E-state index in [0.29, 0.717) is 28.6 Å². The van der Waals surface area contributed by atoms with Crippen LogP contribution in [0.3, 0.4) is 0 Å². The number of carbonyl (C=O) groups is 2. The molecule has 0 spiro atoms. The molecule has 0 bridgehead atoms. The Balaban J connectivity index is 1.54. The van der Waals surface area contributed by atoms with Crippen LogP contribution in [0.1, 0.15) is 6.92 Å². The molecule has 0 radical (unpaired) electrons. The number of ether oxygens (including phenoxy) is 1. The van der Waals surface area contributed by atoms with Crippen LogP contribution in [-0.2, 0) is 9.59 Å². The molecule has 6 heteroatoms. The van der Waals surface area contributed by atoms with Crippen LogP contribution in [-0.4, -0.2) is 24.4 Å². The Labute approximate surface area is 169 Å². The molecular weight excluding hydrogens is 366 g/mol.